The number of nitrogens with one attached hydrogen (secondary N) is 1. The van der Waals surface area contributed by atoms with Crippen LogP contribution in [0.4, 0.5) is 0 Å². The molecule has 5 rings (SSSR count). The van der Waals surface area contributed by atoms with Gasteiger partial charge in [0, 0.05) is 29.0 Å². The first-order valence-corrected chi connectivity index (χ1v) is 10.2. The summed E-state index contributed by atoms with van der Waals surface area (Å²) < 4.78 is 0. The van der Waals surface area contributed by atoms with Crippen LogP contribution in [0.3, 0.4) is 0 Å². The third-order valence-corrected chi connectivity index (χ3v) is 6.63. The highest BCUT2D eigenvalue weighted by atomic mass is 32.1. The Bertz CT molecular complexity index is 913. The number of aromatic nitrogens is 2. The van der Waals surface area contributed by atoms with Crippen LogP contribution >= 0.6 is 22.7 Å². The molecule has 3 aromatic heterocycles. The van der Waals surface area contributed by atoms with Gasteiger partial charge in [0.05, 0.1) is 0 Å². The standard InChI is InChI=1S/C19H17N3OS2/c23-22-17(12-1-2-12)18-15-3-6-19(9-16(15)20-21-18,13-4-7-24-10-13)14-5-8-25-11-14/h3-8,10-12,23H,1-2,9H2,(H,20,21)/b22-17+. The zero-order chi connectivity index (χ0) is 16.9. The third-order valence-electron chi connectivity index (χ3n) is 5.26. The van der Waals surface area contributed by atoms with Gasteiger partial charge in [-0.1, -0.05) is 17.3 Å². The minimum Gasteiger partial charge on any atom is -0.411 e. The average molecular weight is 367 g/mol. The Kier molecular flexibility index (Phi) is 3.43. The molecule has 0 aromatic carbocycles. The summed E-state index contributed by atoms with van der Waals surface area (Å²) in [6, 6.07) is 4.42. The topological polar surface area (TPSA) is 61.3 Å². The predicted octanol–water partition coefficient (Wildman–Crippen LogP) is 4.68. The maximum atomic E-state index is 9.43. The lowest BCUT2D eigenvalue weighted by atomic mass is 9.70. The van der Waals surface area contributed by atoms with Crippen molar-refractivity contribution in [2.24, 2.45) is 11.1 Å². The van der Waals surface area contributed by atoms with Gasteiger partial charge in [-0.2, -0.15) is 27.8 Å². The summed E-state index contributed by atoms with van der Waals surface area (Å²) in [5.74, 6) is 0.353. The Morgan fingerprint density at radius 1 is 1.20 bits per heavy atom. The predicted molar refractivity (Wildman–Crippen MR) is 102 cm³/mol. The molecule has 0 aliphatic heterocycles. The van der Waals surface area contributed by atoms with Gasteiger partial charge in [-0.15, -0.1) is 0 Å². The summed E-state index contributed by atoms with van der Waals surface area (Å²) in [6.45, 7) is 0. The molecular formula is C19H17N3OS2. The van der Waals surface area contributed by atoms with Crippen molar-refractivity contribution in [3.8, 4) is 0 Å². The number of hydrogen-bond acceptors (Lipinski definition) is 5. The van der Waals surface area contributed by atoms with Crippen LogP contribution in [0.1, 0.15) is 40.9 Å². The number of aromatic amines is 1. The molecule has 1 saturated carbocycles. The molecule has 6 heteroatoms. The molecular weight excluding hydrogens is 350 g/mol. The van der Waals surface area contributed by atoms with Crippen LogP contribution in [0.25, 0.3) is 6.08 Å². The Labute approximate surface area is 153 Å². The molecule has 2 N–H and O–H groups in total. The number of nitrogens with zero attached hydrogens (tertiary/aromatic N) is 2. The van der Waals surface area contributed by atoms with Crippen LogP contribution in [-0.2, 0) is 11.8 Å². The summed E-state index contributed by atoms with van der Waals surface area (Å²) in [4.78, 5) is 0. The van der Waals surface area contributed by atoms with Crippen molar-refractivity contribution in [2.75, 3.05) is 0 Å². The number of H-pyrrole nitrogens is 1. The molecule has 126 valence electrons. The summed E-state index contributed by atoms with van der Waals surface area (Å²) in [7, 11) is 0. The van der Waals surface area contributed by atoms with E-state index in [0.717, 1.165) is 41.9 Å². The van der Waals surface area contributed by atoms with Crippen LogP contribution in [-0.4, -0.2) is 21.1 Å². The van der Waals surface area contributed by atoms with Gasteiger partial charge < -0.3 is 5.21 Å². The average Bonchev–Trinajstić information content (AvgIpc) is 3.09. The number of fused-ring (bicyclic) bond motifs is 1. The lowest BCUT2D eigenvalue weighted by molar-refractivity contribution is 0.317. The van der Waals surface area contributed by atoms with Crippen molar-refractivity contribution >= 4 is 34.5 Å². The maximum Gasteiger partial charge on any atom is 0.117 e. The fraction of sp³-hybridized carbons (Fsp3) is 0.263. The molecule has 0 amide bonds. The van der Waals surface area contributed by atoms with E-state index < -0.39 is 0 Å². The van der Waals surface area contributed by atoms with Gasteiger partial charge >= 0.3 is 0 Å². The molecule has 2 aliphatic rings. The highest BCUT2D eigenvalue weighted by Crippen LogP contribution is 2.44. The fourth-order valence-electron chi connectivity index (χ4n) is 3.74. The minimum absolute atomic E-state index is 0.160. The van der Waals surface area contributed by atoms with Crippen LogP contribution < -0.4 is 0 Å². The number of hydrogen-bond donors (Lipinski definition) is 2. The van der Waals surface area contributed by atoms with Gasteiger partial charge in [-0.3, -0.25) is 5.10 Å². The number of allylic oxidation sites excluding steroid dienone is 1. The SMILES string of the molecule is O/N=C(/c1n[nH]c2c1C=CC(c1ccsc1)(c1ccsc1)C2)C1CC1. The summed E-state index contributed by atoms with van der Waals surface area (Å²) in [5.41, 5.74) is 6.17. The van der Waals surface area contributed by atoms with E-state index >= 15 is 0 Å². The van der Waals surface area contributed by atoms with Crippen LogP contribution in [0.15, 0.2) is 44.9 Å². The van der Waals surface area contributed by atoms with Crippen LogP contribution in [0.2, 0.25) is 0 Å². The zero-order valence-electron chi connectivity index (χ0n) is 13.5. The second-order valence-electron chi connectivity index (χ2n) is 6.73. The van der Waals surface area contributed by atoms with Gasteiger partial charge in [0.1, 0.15) is 11.4 Å². The van der Waals surface area contributed by atoms with Gasteiger partial charge in [0.2, 0.25) is 0 Å². The number of rotatable bonds is 4. The molecule has 2 aliphatic carbocycles. The quantitative estimate of drug-likeness (QED) is 0.400. The Morgan fingerprint density at radius 3 is 2.48 bits per heavy atom. The molecule has 0 atom stereocenters. The molecule has 3 heterocycles. The highest BCUT2D eigenvalue weighted by molar-refractivity contribution is 7.08. The van der Waals surface area contributed by atoms with E-state index in [-0.39, 0.29) is 5.41 Å². The van der Waals surface area contributed by atoms with Crippen LogP contribution in [0.5, 0.6) is 0 Å². The lowest BCUT2D eigenvalue weighted by Crippen LogP contribution is -2.29. The normalized spacial score (nSPS) is 19.1. The number of thiophene rings is 2. The van der Waals surface area contributed by atoms with E-state index in [4.69, 9.17) is 0 Å². The van der Waals surface area contributed by atoms with Crippen molar-refractivity contribution in [3.63, 3.8) is 0 Å². The van der Waals surface area contributed by atoms with Crippen molar-refractivity contribution in [2.45, 2.75) is 24.7 Å². The molecule has 0 saturated heterocycles. The molecule has 3 aromatic rings. The minimum atomic E-state index is -0.160. The molecule has 0 unspecified atom stereocenters. The van der Waals surface area contributed by atoms with E-state index in [9.17, 15) is 5.21 Å². The Balaban J connectivity index is 1.62. The van der Waals surface area contributed by atoms with Gasteiger partial charge in [0.25, 0.3) is 0 Å². The first kappa shape index (κ1) is 15.1. The zero-order valence-corrected chi connectivity index (χ0v) is 15.1. The number of oxime groups is 1. The smallest absolute Gasteiger partial charge is 0.117 e. The largest absolute Gasteiger partial charge is 0.411 e. The summed E-state index contributed by atoms with van der Waals surface area (Å²) >= 11 is 3.46. The third kappa shape index (κ3) is 2.32. The van der Waals surface area contributed by atoms with Gasteiger partial charge in [-0.05, 0) is 57.6 Å². The fourth-order valence-corrected chi connectivity index (χ4v) is 5.22. The van der Waals surface area contributed by atoms with E-state index in [1.165, 1.54) is 11.1 Å². The van der Waals surface area contributed by atoms with Crippen molar-refractivity contribution in [1.82, 2.24) is 10.2 Å². The van der Waals surface area contributed by atoms with Gasteiger partial charge in [-0.25, -0.2) is 0 Å². The van der Waals surface area contributed by atoms with Gasteiger partial charge in [0.15, 0.2) is 0 Å². The van der Waals surface area contributed by atoms with E-state index in [1.54, 1.807) is 22.7 Å². The second kappa shape index (κ2) is 5.68. The Hall–Kier alpha value is -2.18. The van der Waals surface area contributed by atoms with E-state index in [2.05, 4.69) is 61.2 Å². The van der Waals surface area contributed by atoms with Crippen LogP contribution in [0, 0.1) is 5.92 Å². The van der Waals surface area contributed by atoms with Crippen molar-refractivity contribution in [1.29, 1.82) is 0 Å². The monoisotopic (exact) mass is 367 g/mol. The molecule has 0 spiro atoms. The lowest BCUT2D eigenvalue weighted by Gasteiger charge is -2.32. The summed E-state index contributed by atoms with van der Waals surface area (Å²) in [6.07, 6.45) is 7.44. The first-order chi connectivity index (χ1) is 12.3. The maximum absolute atomic E-state index is 9.43. The molecule has 0 radical (unpaired) electrons. The highest BCUT2D eigenvalue weighted by Gasteiger charge is 2.39. The van der Waals surface area contributed by atoms with E-state index in [1.807, 2.05) is 0 Å². The first-order valence-electron chi connectivity index (χ1n) is 8.36. The molecule has 4 nitrogen and oxygen atoms in total. The summed E-state index contributed by atoms with van der Waals surface area (Å²) in [5, 5.41) is 29.4. The molecule has 1 fully saturated rings. The van der Waals surface area contributed by atoms with Crippen molar-refractivity contribution < 1.29 is 5.21 Å². The molecule has 25 heavy (non-hydrogen) atoms. The Morgan fingerprint density at radius 2 is 1.92 bits per heavy atom. The van der Waals surface area contributed by atoms with Crippen molar-refractivity contribution in [3.05, 3.63) is 67.8 Å². The van der Waals surface area contributed by atoms with E-state index in [0.29, 0.717) is 5.92 Å². The molecule has 0 bridgehead atoms. The second-order valence-corrected chi connectivity index (χ2v) is 8.29.